The van der Waals surface area contributed by atoms with E-state index in [1.165, 1.54) is 5.56 Å². The highest BCUT2D eigenvalue weighted by molar-refractivity contribution is 7.07. The van der Waals surface area contributed by atoms with Crippen molar-refractivity contribution in [2.75, 3.05) is 19.8 Å². The van der Waals surface area contributed by atoms with Crippen LogP contribution in [0, 0.1) is 5.92 Å². The molecule has 1 saturated heterocycles. The van der Waals surface area contributed by atoms with Crippen LogP contribution in [0.3, 0.4) is 0 Å². The highest BCUT2D eigenvalue weighted by Crippen LogP contribution is 2.45. The minimum atomic E-state index is -0.259. The molecule has 110 valence electrons. The van der Waals surface area contributed by atoms with Gasteiger partial charge in [0.05, 0.1) is 6.61 Å². The van der Waals surface area contributed by atoms with E-state index >= 15 is 0 Å². The number of hydrogen-bond acceptors (Lipinski definition) is 4. The molecule has 1 unspecified atom stereocenters. The Hall–Kier alpha value is -0.910. The van der Waals surface area contributed by atoms with Crippen molar-refractivity contribution in [3.8, 4) is 0 Å². The van der Waals surface area contributed by atoms with Gasteiger partial charge in [-0.15, -0.1) is 0 Å². The zero-order chi connectivity index (χ0) is 14.2. The van der Waals surface area contributed by atoms with Crippen molar-refractivity contribution in [1.82, 2.24) is 10.2 Å². The fourth-order valence-electron chi connectivity index (χ4n) is 2.68. The van der Waals surface area contributed by atoms with Crippen LogP contribution in [0.2, 0.25) is 0 Å². The lowest BCUT2D eigenvalue weighted by Gasteiger charge is -2.23. The Kier molecular flexibility index (Phi) is 3.84. The minimum Gasteiger partial charge on any atom is -0.379 e. The number of nitrogens with zero attached hydrogens (tertiary/aromatic N) is 1. The van der Waals surface area contributed by atoms with Crippen molar-refractivity contribution >= 4 is 17.2 Å². The molecule has 1 aliphatic heterocycles. The summed E-state index contributed by atoms with van der Waals surface area (Å²) in [5.41, 5.74) is 0.931. The molecule has 3 rings (SSSR count). The number of nitrogens with one attached hydrogen (secondary N) is 1. The summed E-state index contributed by atoms with van der Waals surface area (Å²) in [5.74, 6) is 0.784. The van der Waals surface area contributed by atoms with E-state index in [0.717, 1.165) is 19.4 Å². The lowest BCUT2D eigenvalue weighted by molar-refractivity contribution is -0.131. The summed E-state index contributed by atoms with van der Waals surface area (Å²) in [7, 11) is 0. The van der Waals surface area contributed by atoms with E-state index in [1.807, 2.05) is 4.90 Å². The van der Waals surface area contributed by atoms with E-state index in [-0.39, 0.29) is 17.6 Å². The largest absolute Gasteiger partial charge is 0.379 e. The molecule has 0 bridgehead atoms. The van der Waals surface area contributed by atoms with Crippen LogP contribution >= 0.6 is 11.3 Å². The third-order valence-corrected chi connectivity index (χ3v) is 4.63. The van der Waals surface area contributed by atoms with Crippen LogP contribution in [0.1, 0.15) is 38.4 Å². The summed E-state index contributed by atoms with van der Waals surface area (Å²) in [6, 6.07) is 2.10. The van der Waals surface area contributed by atoms with Crippen molar-refractivity contribution in [3.05, 3.63) is 22.4 Å². The average molecular weight is 294 g/mol. The van der Waals surface area contributed by atoms with E-state index < -0.39 is 0 Å². The summed E-state index contributed by atoms with van der Waals surface area (Å²) in [6.45, 7) is 6.30. The zero-order valence-electron chi connectivity index (χ0n) is 12.1. The molecular formula is C15H22N2O2S. The van der Waals surface area contributed by atoms with Gasteiger partial charge < -0.3 is 9.64 Å². The van der Waals surface area contributed by atoms with Crippen LogP contribution in [-0.4, -0.2) is 36.1 Å². The van der Waals surface area contributed by atoms with Gasteiger partial charge in [0.1, 0.15) is 11.7 Å². The van der Waals surface area contributed by atoms with Gasteiger partial charge in [0.25, 0.3) is 0 Å². The molecule has 1 atom stereocenters. The van der Waals surface area contributed by atoms with Gasteiger partial charge in [-0.3, -0.25) is 10.1 Å². The third-order valence-electron chi connectivity index (χ3n) is 3.93. The Bertz CT molecular complexity index is 468. The zero-order valence-corrected chi connectivity index (χ0v) is 12.9. The first-order chi connectivity index (χ1) is 9.62. The van der Waals surface area contributed by atoms with Gasteiger partial charge in [-0.05, 0) is 41.1 Å². The lowest BCUT2D eigenvalue weighted by atomic mass is 10.2. The van der Waals surface area contributed by atoms with Crippen LogP contribution < -0.4 is 5.32 Å². The number of thiophene rings is 1. The second-order valence-corrected chi connectivity index (χ2v) is 6.93. The highest BCUT2D eigenvalue weighted by Gasteiger charge is 2.59. The van der Waals surface area contributed by atoms with Gasteiger partial charge in [0.2, 0.25) is 5.91 Å². The van der Waals surface area contributed by atoms with Crippen LogP contribution in [0.4, 0.5) is 0 Å². The molecule has 2 heterocycles. The molecule has 5 heteroatoms. The first-order valence-electron chi connectivity index (χ1n) is 7.31. The fourth-order valence-corrected chi connectivity index (χ4v) is 3.36. The van der Waals surface area contributed by atoms with Gasteiger partial charge >= 0.3 is 0 Å². The van der Waals surface area contributed by atoms with Crippen LogP contribution in [0.5, 0.6) is 0 Å². The molecule has 20 heavy (non-hydrogen) atoms. The smallest absolute Gasteiger partial charge is 0.244 e. The van der Waals surface area contributed by atoms with E-state index in [1.54, 1.807) is 11.3 Å². The molecule has 0 radical (unpaired) electrons. The summed E-state index contributed by atoms with van der Waals surface area (Å²) in [6.07, 6.45) is 1.96. The molecule has 1 saturated carbocycles. The van der Waals surface area contributed by atoms with Gasteiger partial charge in [-0.2, -0.15) is 11.3 Å². The standard InChI is InChI=1S/C15H22N2O2S/c1-11(2)9-19-7-6-17-13(12-3-8-20-10-12)16-15(4-5-15)14(17)18/h3,8,10-11,13,16H,4-7,9H2,1-2H3. The molecule has 1 aliphatic carbocycles. The fraction of sp³-hybridized carbons (Fsp3) is 0.667. The van der Waals surface area contributed by atoms with E-state index in [9.17, 15) is 4.79 Å². The molecule has 4 nitrogen and oxygen atoms in total. The second-order valence-electron chi connectivity index (χ2n) is 6.15. The maximum absolute atomic E-state index is 12.5. The predicted molar refractivity (Wildman–Crippen MR) is 79.5 cm³/mol. The highest BCUT2D eigenvalue weighted by atomic mass is 32.1. The van der Waals surface area contributed by atoms with Gasteiger partial charge in [0, 0.05) is 13.2 Å². The molecule has 1 spiro atoms. The van der Waals surface area contributed by atoms with Crippen LogP contribution in [0.15, 0.2) is 16.8 Å². The number of ether oxygens (including phenoxy) is 1. The SMILES string of the molecule is CC(C)COCCN1C(=O)C2(CC2)NC1c1ccsc1. The Labute approximate surface area is 124 Å². The number of hydrogen-bond donors (Lipinski definition) is 1. The maximum atomic E-state index is 12.5. The molecular weight excluding hydrogens is 272 g/mol. The number of rotatable bonds is 6. The number of carbonyl (C=O) groups excluding carboxylic acids is 1. The van der Waals surface area contributed by atoms with Gasteiger partial charge in [-0.25, -0.2) is 0 Å². The predicted octanol–water partition coefficient (Wildman–Crippen LogP) is 2.38. The van der Waals surface area contributed by atoms with Crippen molar-refractivity contribution in [2.24, 2.45) is 5.92 Å². The topological polar surface area (TPSA) is 41.6 Å². The Morgan fingerprint density at radius 1 is 1.55 bits per heavy atom. The Balaban J connectivity index is 1.64. The number of amides is 1. The molecule has 0 aromatic carbocycles. The quantitative estimate of drug-likeness (QED) is 0.819. The molecule has 1 amide bonds. The molecule has 1 N–H and O–H groups in total. The third kappa shape index (κ3) is 2.62. The lowest BCUT2D eigenvalue weighted by Crippen LogP contribution is -2.34. The normalized spacial score (nSPS) is 24.1. The van der Waals surface area contributed by atoms with Crippen molar-refractivity contribution in [2.45, 2.75) is 38.4 Å². The Morgan fingerprint density at radius 2 is 2.35 bits per heavy atom. The summed E-state index contributed by atoms with van der Waals surface area (Å²) in [4.78, 5) is 14.5. The Morgan fingerprint density at radius 3 is 2.95 bits per heavy atom. The summed E-state index contributed by atoms with van der Waals surface area (Å²) >= 11 is 1.67. The van der Waals surface area contributed by atoms with Crippen molar-refractivity contribution in [3.63, 3.8) is 0 Å². The van der Waals surface area contributed by atoms with E-state index in [0.29, 0.717) is 19.1 Å². The molecule has 2 fully saturated rings. The molecule has 1 aromatic rings. The monoisotopic (exact) mass is 294 g/mol. The second kappa shape index (κ2) is 5.47. The van der Waals surface area contributed by atoms with Gasteiger partial charge in [0.15, 0.2) is 0 Å². The van der Waals surface area contributed by atoms with Crippen molar-refractivity contribution in [1.29, 1.82) is 0 Å². The molecule has 2 aliphatic rings. The van der Waals surface area contributed by atoms with Gasteiger partial charge in [-0.1, -0.05) is 13.8 Å². The number of carbonyl (C=O) groups is 1. The average Bonchev–Trinajstić information content (AvgIpc) is 2.89. The first-order valence-corrected chi connectivity index (χ1v) is 8.25. The van der Waals surface area contributed by atoms with Crippen LogP contribution in [-0.2, 0) is 9.53 Å². The molecule has 1 aromatic heterocycles. The van der Waals surface area contributed by atoms with Crippen LogP contribution in [0.25, 0.3) is 0 Å². The summed E-state index contributed by atoms with van der Waals surface area (Å²) < 4.78 is 5.64. The van der Waals surface area contributed by atoms with E-state index in [2.05, 4.69) is 36.0 Å². The minimum absolute atomic E-state index is 0.0268. The van der Waals surface area contributed by atoms with E-state index in [4.69, 9.17) is 4.74 Å². The maximum Gasteiger partial charge on any atom is 0.244 e. The summed E-state index contributed by atoms with van der Waals surface area (Å²) in [5, 5.41) is 7.70. The van der Waals surface area contributed by atoms with Crippen molar-refractivity contribution < 1.29 is 9.53 Å². The first kappa shape index (κ1) is 14.0.